The summed E-state index contributed by atoms with van der Waals surface area (Å²) in [6.07, 6.45) is 3.66. The second kappa shape index (κ2) is 7.32. The van der Waals surface area contributed by atoms with E-state index in [0.29, 0.717) is 32.5 Å². The summed E-state index contributed by atoms with van der Waals surface area (Å²) in [5, 5.41) is 0. The third-order valence-corrected chi connectivity index (χ3v) is 6.24. The van der Waals surface area contributed by atoms with Crippen LogP contribution in [0.1, 0.15) is 39.0 Å². The van der Waals surface area contributed by atoms with Gasteiger partial charge < -0.3 is 14.7 Å². The molecule has 7 heteroatoms. The van der Waals surface area contributed by atoms with Crippen molar-refractivity contribution < 1.29 is 14.4 Å². The predicted molar refractivity (Wildman–Crippen MR) is 93.9 cm³/mol. The highest BCUT2D eigenvalue weighted by atomic mass is 16.2. The van der Waals surface area contributed by atoms with Crippen molar-refractivity contribution in [1.82, 2.24) is 19.6 Å². The van der Waals surface area contributed by atoms with Crippen molar-refractivity contribution in [3.63, 3.8) is 0 Å². The minimum absolute atomic E-state index is 0.0469. The van der Waals surface area contributed by atoms with Gasteiger partial charge in [0.1, 0.15) is 0 Å². The van der Waals surface area contributed by atoms with Crippen molar-refractivity contribution >= 4 is 17.7 Å². The van der Waals surface area contributed by atoms with Crippen LogP contribution in [-0.4, -0.2) is 95.7 Å². The van der Waals surface area contributed by atoms with Crippen molar-refractivity contribution in [1.29, 1.82) is 0 Å². The van der Waals surface area contributed by atoms with Crippen molar-refractivity contribution in [3.05, 3.63) is 0 Å². The number of piperazine rings is 1. The standard InChI is InChI=1S/C18H30N4O3/c1-3-20-10-8-18(7-6-16(20)24)14-22(12-11-19(18)2)17(25)13-21-9-4-5-15(21)23/h3-14H2,1-2H3/t18-/m1/s1. The summed E-state index contributed by atoms with van der Waals surface area (Å²) in [5.74, 6) is 0.361. The summed E-state index contributed by atoms with van der Waals surface area (Å²) in [7, 11) is 2.11. The fourth-order valence-corrected chi connectivity index (χ4v) is 4.38. The van der Waals surface area contributed by atoms with Gasteiger partial charge in [-0.15, -0.1) is 0 Å². The number of hydrogen-bond donors (Lipinski definition) is 0. The van der Waals surface area contributed by atoms with Crippen LogP contribution in [0.3, 0.4) is 0 Å². The Morgan fingerprint density at radius 1 is 1.00 bits per heavy atom. The van der Waals surface area contributed by atoms with E-state index < -0.39 is 0 Å². The summed E-state index contributed by atoms with van der Waals surface area (Å²) < 4.78 is 0. The van der Waals surface area contributed by atoms with E-state index in [4.69, 9.17) is 0 Å². The maximum atomic E-state index is 12.7. The zero-order chi connectivity index (χ0) is 18.0. The van der Waals surface area contributed by atoms with Gasteiger partial charge in [-0.2, -0.15) is 0 Å². The van der Waals surface area contributed by atoms with Crippen LogP contribution in [0.25, 0.3) is 0 Å². The molecule has 0 aromatic carbocycles. The Morgan fingerprint density at radius 3 is 2.44 bits per heavy atom. The first-order chi connectivity index (χ1) is 11.9. The molecule has 3 saturated heterocycles. The lowest BCUT2D eigenvalue weighted by Gasteiger charge is -2.49. The number of nitrogens with zero attached hydrogens (tertiary/aromatic N) is 4. The van der Waals surface area contributed by atoms with E-state index in [2.05, 4.69) is 11.9 Å². The molecule has 1 spiro atoms. The zero-order valence-electron chi connectivity index (χ0n) is 15.5. The first-order valence-corrected chi connectivity index (χ1v) is 9.50. The van der Waals surface area contributed by atoms with E-state index in [1.807, 2.05) is 16.7 Å². The van der Waals surface area contributed by atoms with Gasteiger partial charge in [-0.05, 0) is 33.2 Å². The van der Waals surface area contributed by atoms with Crippen LogP contribution in [0.2, 0.25) is 0 Å². The average Bonchev–Trinajstić information content (AvgIpc) is 2.92. The number of carbonyl (C=O) groups is 3. The van der Waals surface area contributed by atoms with Gasteiger partial charge in [-0.3, -0.25) is 19.3 Å². The van der Waals surface area contributed by atoms with Crippen molar-refractivity contribution in [2.75, 3.05) is 52.9 Å². The lowest BCUT2D eigenvalue weighted by molar-refractivity contribution is -0.142. The molecule has 1 atom stereocenters. The molecular weight excluding hydrogens is 320 g/mol. The van der Waals surface area contributed by atoms with E-state index in [-0.39, 0.29) is 29.8 Å². The number of hydrogen-bond acceptors (Lipinski definition) is 4. The van der Waals surface area contributed by atoms with E-state index >= 15 is 0 Å². The Hall–Kier alpha value is -1.63. The fourth-order valence-electron chi connectivity index (χ4n) is 4.38. The number of likely N-dealkylation sites (tertiary alicyclic amines) is 2. The maximum Gasteiger partial charge on any atom is 0.242 e. The molecule has 3 amide bonds. The van der Waals surface area contributed by atoms with E-state index in [9.17, 15) is 14.4 Å². The Labute approximate surface area is 149 Å². The van der Waals surface area contributed by atoms with Crippen LogP contribution in [-0.2, 0) is 14.4 Å². The first kappa shape index (κ1) is 18.2. The Morgan fingerprint density at radius 2 is 1.76 bits per heavy atom. The molecule has 0 aromatic rings. The van der Waals surface area contributed by atoms with Gasteiger partial charge in [0.05, 0.1) is 6.54 Å². The molecule has 0 aliphatic carbocycles. The molecule has 3 fully saturated rings. The smallest absolute Gasteiger partial charge is 0.242 e. The van der Waals surface area contributed by atoms with Gasteiger partial charge in [-0.25, -0.2) is 0 Å². The van der Waals surface area contributed by atoms with Gasteiger partial charge >= 0.3 is 0 Å². The van der Waals surface area contributed by atoms with Crippen LogP contribution in [0.4, 0.5) is 0 Å². The number of likely N-dealkylation sites (N-methyl/N-ethyl adjacent to an activating group) is 1. The van der Waals surface area contributed by atoms with Gasteiger partial charge in [-0.1, -0.05) is 0 Å². The summed E-state index contributed by atoms with van der Waals surface area (Å²) in [6.45, 7) is 6.61. The SMILES string of the molecule is CCN1CC[C@]2(CCC1=O)CN(C(=O)CN1CCCC1=O)CCN2C. The van der Waals surface area contributed by atoms with Crippen LogP contribution >= 0.6 is 0 Å². The van der Waals surface area contributed by atoms with Crippen LogP contribution in [0, 0.1) is 0 Å². The summed E-state index contributed by atoms with van der Waals surface area (Å²) in [6, 6.07) is 0. The van der Waals surface area contributed by atoms with Gasteiger partial charge in [0.25, 0.3) is 0 Å². The quantitative estimate of drug-likeness (QED) is 0.727. The molecule has 0 saturated carbocycles. The lowest BCUT2D eigenvalue weighted by atomic mass is 9.86. The number of carbonyl (C=O) groups excluding carboxylic acids is 3. The van der Waals surface area contributed by atoms with Crippen molar-refractivity contribution in [2.45, 2.75) is 44.6 Å². The molecule has 140 valence electrons. The van der Waals surface area contributed by atoms with Crippen LogP contribution < -0.4 is 0 Å². The minimum Gasteiger partial charge on any atom is -0.343 e. The largest absolute Gasteiger partial charge is 0.343 e. The molecule has 3 rings (SSSR count). The molecular formula is C18H30N4O3. The Balaban J connectivity index is 1.67. The number of rotatable bonds is 3. The number of amides is 3. The predicted octanol–water partition coefficient (Wildman–Crippen LogP) is 0.154. The van der Waals surface area contributed by atoms with Crippen LogP contribution in [0.15, 0.2) is 0 Å². The van der Waals surface area contributed by atoms with Crippen molar-refractivity contribution in [2.24, 2.45) is 0 Å². The average molecular weight is 350 g/mol. The molecule has 0 bridgehead atoms. The summed E-state index contributed by atoms with van der Waals surface area (Å²) in [5.41, 5.74) is -0.123. The molecule has 0 N–H and O–H groups in total. The highest BCUT2D eigenvalue weighted by Crippen LogP contribution is 2.32. The van der Waals surface area contributed by atoms with Gasteiger partial charge in [0, 0.05) is 57.6 Å². The fraction of sp³-hybridized carbons (Fsp3) is 0.833. The molecule has 0 aromatic heterocycles. The maximum absolute atomic E-state index is 12.7. The normalized spacial score (nSPS) is 28.8. The molecule has 3 heterocycles. The molecule has 0 radical (unpaired) electrons. The van der Waals surface area contributed by atoms with E-state index in [1.165, 1.54) is 0 Å². The highest BCUT2D eigenvalue weighted by molar-refractivity contribution is 5.86. The summed E-state index contributed by atoms with van der Waals surface area (Å²) in [4.78, 5) is 44.6. The Kier molecular flexibility index (Phi) is 5.32. The lowest BCUT2D eigenvalue weighted by Crippen LogP contribution is -2.63. The topological polar surface area (TPSA) is 64.2 Å². The molecule has 25 heavy (non-hydrogen) atoms. The molecule has 3 aliphatic rings. The third kappa shape index (κ3) is 3.66. The Bertz CT molecular complexity index is 552. The monoisotopic (exact) mass is 350 g/mol. The summed E-state index contributed by atoms with van der Waals surface area (Å²) >= 11 is 0. The highest BCUT2D eigenvalue weighted by Gasteiger charge is 2.43. The molecule has 3 aliphatic heterocycles. The molecule has 7 nitrogen and oxygen atoms in total. The third-order valence-electron chi connectivity index (χ3n) is 6.24. The van der Waals surface area contributed by atoms with E-state index in [0.717, 1.165) is 38.9 Å². The first-order valence-electron chi connectivity index (χ1n) is 9.50. The minimum atomic E-state index is -0.123. The van der Waals surface area contributed by atoms with E-state index in [1.54, 1.807) is 4.90 Å². The van der Waals surface area contributed by atoms with Crippen LogP contribution in [0.5, 0.6) is 0 Å². The molecule has 0 unspecified atom stereocenters. The second-order valence-corrected chi connectivity index (χ2v) is 7.60. The van der Waals surface area contributed by atoms with Gasteiger partial charge in [0.2, 0.25) is 17.7 Å². The zero-order valence-corrected chi connectivity index (χ0v) is 15.5. The van der Waals surface area contributed by atoms with Gasteiger partial charge in [0.15, 0.2) is 0 Å². The van der Waals surface area contributed by atoms with Crippen molar-refractivity contribution in [3.8, 4) is 0 Å². The second-order valence-electron chi connectivity index (χ2n) is 7.60.